The second-order valence-electron chi connectivity index (χ2n) is 2.16. The predicted molar refractivity (Wildman–Crippen MR) is 40.9 cm³/mol. The molecule has 1 rings (SSSR count). The van der Waals surface area contributed by atoms with Crippen molar-refractivity contribution in [1.82, 2.24) is 0 Å². The Morgan fingerprint density at radius 1 is 1.00 bits per heavy atom. The standard InChI is InChI=1S/C8H6O4.Sr/c9-7(10)5-2-1-3-6(4-5)8(11)12;/h1-4H,(H,9,10)(H,11,12);/q;+2/p-2. The normalized spacial score (nSPS) is 8.62. The number of carbonyl (C=O) groups excluding carboxylic acids is 2. The number of carboxylic acid groups (broad SMARTS) is 2. The number of carboxylic acids is 2. The number of benzene rings is 1. The number of hydrogen-bond acceptors (Lipinski definition) is 4. The van der Waals surface area contributed by atoms with Crippen molar-refractivity contribution in [1.29, 1.82) is 0 Å². The van der Waals surface area contributed by atoms with Gasteiger partial charge in [-0.3, -0.25) is 0 Å². The van der Waals surface area contributed by atoms with Gasteiger partial charge in [-0.2, -0.15) is 0 Å². The number of hydrogen-bond donors (Lipinski definition) is 0. The topological polar surface area (TPSA) is 80.3 Å². The van der Waals surface area contributed by atoms with Crippen molar-refractivity contribution >= 4 is 57.4 Å². The Morgan fingerprint density at radius 3 is 1.69 bits per heavy atom. The van der Waals surface area contributed by atoms with Gasteiger partial charge in [0.05, 0.1) is 11.9 Å². The van der Waals surface area contributed by atoms with Crippen molar-refractivity contribution in [2.75, 3.05) is 0 Å². The molecular weight excluding hydrogens is 248 g/mol. The second-order valence-corrected chi connectivity index (χ2v) is 2.16. The van der Waals surface area contributed by atoms with E-state index >= 15 is 0 Å². The predicted octanol–water partition coefficient (Wildman–Crippen LogP) is -1.97. The zero-order valence-electron chi connectivity index (χ0n) is 6.65. The summed E-state index contributed by atoms with van der Waals surface area (Å²) in [6.07, 6.45) is 0. The van der Waals surface area contributed by atoms with E-state index in [9.17, 15) is 19.8 Å². The third kappa shape index (κ3) is 3.48. The van der Waals surface area contributed by atoms with Gasteiger partial charge in [-0.1, -0.05) is 18.2 Å². The fourth-order valence-corrected chi connectivity index (χ4v) is 0.773. The van der Waals surface area contributed by atoms with Gasteiger partial charge >= 0.3 is 45.5 Å². The second kappa shape index (κ2) is 5.39. The minimum absolute atomic E-state index is 0. The van der Waals surface area contributed by atoms with E-state index < -0.39 is 11.9 Å². The van der Waals surface area contributed by atoms with Crippen molar-refractivity contribution in [3.8, 4) is 0 Å². The summed E-state index contributed by atoms with van der Waals surface area (Å²) < 4.78 is 0. The zero-order chi connectivity index (χ0) is 9.14. The molecule has 0 amide bonds. The van der Waals surface area contributed by atoms with E-state index in [-0.39, 0.29) is 56.6 Å². The molecule has 13 heavy (non-hydrogen) atoms. The third-order valence-electron chi connectivity index (χ3n) is 1.33. The molecule has 0 radical (unpaired) electrons. The van der Waals surface area contributed by atoms with E-state index in [0.29, 0.717) is 0 Å². The van der Waals surface area contributed by atoms with E-state index in [4.69, 9.17) is 0 Å². The first kappa shape index (κ1) is 12.6. The Balaban J connectivity index is 0.00000144. The summed E-state index contributed by atoms with van der Waals surface area (Å²) in [5, 5.41) is 20.5. The molecule has 1 aromatic rings. The van der Waals surface area contributed by atoms with Gasteiger partial charge in [0.2, 0.25) is 0 Å². The molecule has 0 aliphatic carbocycles. The molecule has 4 nitrogen and oxygen atoms in total. The number of carbonyl (C=O) groups is 2. The fourth-order valence-electron chi connectivity index (χ4n) is 0.773. The van der Waals surface area contributed by atoms with Crippen LogP contribution >= 0.6 is 0 Å². The quantitative estimate of drug-likeness (QED) is 0.572. The molecule has 0 heterocycles. The molecule has 5 heteroatoms. The van der Waals surface area contributed by atoms with Gasteiger partial charge in [0.1, 0.15) is 0 Å². The van der Waals surface area contributed by atoms with Crippen LogP contribution in [0.1, 0.15) is 20.7 Å². The molecule has 0 N–H and O–H groups in total. The summed E-state index contributed by atoms with van der Waals surface area (Å²) >= 11 is 0. The summed E-state index contributed by atoms with van der Waals surface area (Å²) in [6, 6.07) is 4.81. The van der Waals surface area contributed by atoms with Crippen LogP contribution in [0.15, 0.2) is 24.3 Å². The van der Waals surface area contributed by atoms with Gasteiger partial charge in [0.15, 0.2) is 0 Å². The van der Waals surface area contributed by atoms with Gasteiger partial charge in [0.25, 0.3) is 0 Å². The van der Waals surface area contributed by atoms with Crippen LogP contribution in [0, 0.1) is 0 Å². The minimum Gasteiger partial charge on any atom is -0.545 e. The van der Waals surface area contributed by atoms with Crippen molar-refractivity contribution in [3.63, 3.8) is 0 Å². The van der Waals surface area contributed by atoms with Crippen LogP contribution in [0.4, 0.5) is 0 Å². The van der Waals surface area contributed by atoms with Gasteiger partial charge in [-0.05, 0) is 17.2 Å². The molecule has 0 aliphatic heterocycles. The molecule has 62 valence electrons. The van der Waals surface area contributed by atoms with E-state index in [0.717, 1.165) is 6.07 Å². The van der Waals surface area contributed by atoms with Gasteiger partial charge in [-0.25, -0.2) is 0 Å². The Bertz CT molecular complexity index is 305. The smallest absolute Gasteiger partial charge is 0.545 e. The number of aromatic carboxylic acids is 2. The van der Waals surface area contributed by atoms with Crippen molar-refractivity contribution < 1.29 is 19.8 Å². The van der Waals surface area contributed by atoms with Crippen molar-refractivity contribution in [3.05, 3.63) is 35.4 Å². The van der Waals surface area contributed by atoms with Crippen LogP contribution in [-0.2, 0) is 0 Å². The van der Waals surface area contributed by atoms with Gasteiger partial charge in [-0.15, -0.1) is 0 Å². The molecule has 0 aromatic heterocycles. The van der Waals surface area contributed by atoms with E-state index in [1.807, 2.05) is 0 Å². The molecule has 1 aromatic carbocycles. The molecule has 0 bridgehead atoms. The molecule has 0 fully saturated rings. The molecule has 0 aliphatic rings. The maximum atomic E-state index is 10.3. The Hall–Kier alpha value is -0.359. The monoisotopic (exact) mass is 252 g/mol. The first-order chi connectivity index (χ1) is 5.61. The van der Waals surface area contributed by atoms with Crippen molar-refractivity contribution in [2.45, 2.75) is 0 Å². The Kier molecular flexibility index (Phi) is 5.24. The molecule has 0 saturated carbocycles. The maximum Gasteiger partial charge on any atom is 2.00 e. The Morgan fingerprint density at radius 2 is 1.38 bits per heavy atom. The molecule has 0 atom stereocenters. The first-order valence-corrected chi connectivity index (χ1v) is 3.14. The Labute approximate surface area is 111 Å². The SMILES string of the molecule is O=C([O-])c1cccc(C(=O)[O-])c1.[Sr+2]. The largest absolute Gasteiger partial charge is 2.00 e. The molecule has 0 saturated heterocycles. The summed E-state index contributed by atoms with van der Waals surface area (Å²) in [5.74, 6) is -2.81. The fraction of sp³-hybridized carbons (Fsp3) is 0. The molecule has 0 unspecified atom stereocenters. The van der Waals surface area contributed by atoms with Gasteiger partial charge in [0, 0.05) is 0 Å². The maximum absolute atomic E-state index is 10.3. The minimum atomic E-state index is -1.40. The third-order valence-corrected chi connectivity index (χ3v) is 1.33. The first-order valence-electron chi connectivity index (χ1n) is 3.14. The van der Waals surface area contributed by atoms with Crippen LogP contribution < -0.4 is 10.2 Å². The van der Waals surface area contributed by atoms with E-state index in [1.165, 1.54) is 18.2 Å². The summed E-state index contributed by atoms with van der Waals surface area (Å²) in [6.45, 7) is 0. The van der Waals surface area contributed by atoms with E-state index in [1.54, 1.807) is 0 Å². The number of rotatable bonds is 2. The molecule has 0 spiro atoms. The van der Waals surface area contributed by atoms with Crippen molar-refractivity contribution in [2.24, 2.45) is 0 Å². The average Bonchev–Trinajstić information content (AvgIpc) is 2.04. The van der Waals surface area contributed by atoms with Crippen LogP contribution in [0.25, 0.3) is 0 Å². The van der Waals surface area contributed by atoms with Crippen LogP contribution in [0.2, 0.25) is 0 Å². The van der Waals surface area contributed by atoms with Crippen LogP contribution in [0.5, 0.6) is 0 Å². The summed E-state index contributed by atoms with van der Waals surface area (Å²) in [5.41, 5.74) is -0.339. The van der Waals surface area contributed by atoms with Crippen LogP contribution in [-0.4, -0.2) is 57.4 Å². The van der Waals surface area contributed by atoms with Crippen LogP contribution in [0.3, 0.4) is 0 Å². The summed E-state index contributed by atoms with van der Waals surface area (Å²) in [4.78, 5) is 20.5. The summed E-state index contributed by atoms with van der Waals surface area (Å²) in [7, 11) is 0. The van der Waals surface area contributed by atoms with Gasteiger partial charge < -0.3 is 19.8 Å². The molecular formula is C8H4O4Sr. The van der Waals surface area contributed by atoms with E-state index in [2.05, 4.69) is 0 Å². The zero-order valence-corrected chi connectivity index (χ0v) is 10.1. The average molecular weight is 252 g/mol.